The summed E-state index contributed by atoms with van der Waals surface area (Å²) in [6.45, 7) is 6.24. The monoisotopic (exact) mass is 192 g/mol. The van der Waals surface area contributed by atoms with Crippen LogP contribution in [0.4, 0.5) is 0 Å². The largest absolute Gasteiger partial charge is 0.493 e. The molecular formula is C12H16O2. The van der Waals surface area contributed by atoms with E-state index in [-0.39, 0.29) is 6.61 Å². The van der Waals surface area contributed by atoms with E-state index in [9.17, 15) is 0 Å². The first-order chi connectivity index (χ1) is 6.77. The summed E-state index contributed by atoms with van der Waals surface area (Å²) >= 11 is 0. The van der Waals surface area contributed by atoms with E-state index in [1.165, 1.54) is 0 Å². The van der Waals surface area contributed by atoms with Gasteiger partial charge in [0.25, 0.3) is 0 Å². The Bertz CT molecular complexity index is 305. The van der Waals surface area contributed by atoms with Gasteiger partial charge in [-0.2, -0.15) is 0 Å². The molecule has 0 heterocycles. The molecule has 0 atom stereocenters. The molecule has 0 aliphatic heterocycles. The van der Waals surface area contributed by atoms with Gasteiger partial charge in [0.15, 0.2) is 0 Å². The van der Waals surface area contributed by atoms with Gasteiger partial charge >= 0.3 is 0 Å². The number of aryl methyl sites for hydroxylation is 1. The summed E-state index contributed by atoms with van der Waals surface area (Å²) in [6, 6.07) is 5.80. The van der Waals surface area contributed by atoms with Crippen molar-refractivity contribution in [3.8, 4) is 5.75 Å². The summed E-state index contributed by atoms with van der Waals surface area (Å²) in [6.07, 6.45) is 2.63. The Hall–Kier alpha value is -1.28. The second-order valence-corrected chi connectivity index (χ2v) is 3.20. The SMILES string of the molecule is C=CCCOc1ccc(C)cc1CO. The highest BCUT2D eigenvalue weighted by molar-refractivity contribution is 5.36. The van der Waals surface area contributed by atoms with Gasteiger partial charge < -0.3 is 9.84 Å². The van der Waals surface area contributed by atoms with E-state index >= 15 is 0 Å². The maximum atomic E-state index is 9.10. The summed E-state index contributed by atoms with van der Waals surface area (Å²) in [7, 11) is 0. The van der Waals surface area contributed by atoms with Gasteiger partial charge in [-0.05, 0) is 19.4 Å². The molecule has 0 saturated heterocycles. The summed E-state index contributed by atoms with van der Waals surface area (Å²) in [5.74, 6) is 0.764. The van der Waals surface area contributed by atoms with Gasteiger partial charge in [0, 0.05) is 5.56 Å². The Kier molecular flexibility index (Phi) is 4.20. The molecule has 0 saturated carbocycles. The van der Waals surface area contributed by atoms with Crippen LogP contribution in [0, 0.1) is 6.92 Å². The zero-order valence-corrected chi connectivity index (χ0v) is 8.49. The molecule has 2 nitrogen and oxygen atoms in total. The van der Waals surface area contributed by atoms with Crippen LogP contribution in [0.1, 0.15) is 17.5 Å². The Morgan fingerprint density at radius 2 is 2.29 bits per heavy atom. The highest BCUT2D eigenvalue weighted by Gasteiger charge is 2.01. The molecule has 76 valence electrons. The van der Waals surface area contributed by atoms with Gasteiger partial charge in [0.2, 0.25) is 0 Å². The van der Waals surface area contributed by atoms with Crippen molar-refractivity contribution in [3.63, 3.8) is 0 Å². The number of ether oxygens (including phenoxy) is 1. The first-order valence-corrected chi connectivity index (χ1v) is 4.72. The molecule has 2 heteroatoms. The van der Waals surface area contributed by atoms with Crippen molar-refractivity contribution in [1.29, 1.82) is 0 Å². The molecule has 0 aliphatic carbocycles. The quantitative estimate of drug-likeness (QED) is 0.573. The predicted molar refractivity (Wildman–Crippen MR) is 57.4 cm³/mol. The standard InChI is InChI=1S/C12H16O2/c1-3-4-7-14-12-6-5-10(2)8-11(12)9-13/h3,5-6,8,13H,1,4,7,9H2,2H3. The van der Waals surface area contributed by atoms with Gasteiger partial charge in [0.1, 0.15) is 5.75 Å². The van der Waals surface area contributed by atoms with Crippen molar-refractivity contribution in [1.82, 2.24) is 0 Å². The minimum atomic E-state index is 0.0190. The van der Waals surface area contributed by atoms with E-state index in [0.29, 0.717) is 6.61 Å². The van der Waals surface area contributed by atoms with E-state index < -0.39 is 0 Å². The Balaban J connectivity index is 2.69. The number of benzene rings is 1. The second kappa shape index (κ2) is 5.45. The number of hydrogen-bond donors (Lipinski definition) is 1. The van der Waals surface area contributed by atoms with E-state index in [2.05, 4.69) is 6.58 Å². The molecule has 1 aromatic rings. The maximum Gasteiger partial charge on any atom is 0.124 e. The van der Waals surface area contributed by atoms with Crippen LogP contribution < -0.4 is 4.74 Å². The molecule has 1 rings (SSSR count). The molecular weight excluding hydrogens is 176 g/mol. The van der Waals surface area contributed by atoms with Gasteiger partial charge in [-0.3, -0.25) is 0 Å². The summed E-state index contributed by atoms with van der Waals surface area (Å²) in [4.78, 5) is 0. The van der Waals surface area contributed by atoms with E-state index in [0.717, 1.165) is 23.3 Å². The van der Waals surface area contributed by atoms with Crippen LogP contribution in [0.3, 0.4) is 0 Å². The third-order valence-corrected chi connectivity index (χ3v) is 1.97. The van der Waals surface area contributed by atoms with Crippen LogP contribution in [0.5, 0.6) is 5.75 Å². The molecule has 0 radical (unpaired) electrons. The van der Waals surface area contributed by atoms with Crippen LogP contribution in [0.2, 0.25) is 0 Å². The average Bonchev–Trinajstić information content (AvgIpc) is 2.20. The predicted octanol–water partition coefficient (Wildman–Crippen LogP) is 2.44. The van der Waals surface area contributed by atoms with Crippen molar-refractivity contribution >= 4 is 0 Å². The summed E-state index contributed by atoms with van der Waals surface area (Å²) < 4.78 is 5.49. The number of hydrogen-bond acceptors (Lipinski definition) is 2. The van der Waals surface area contributed by atoms with Crippen molar-refractivity contribution in [2.75, 3.05) is 6.61 Å². The van der Waals surface area contributed by atoms with E-state index in [1.807, 2.05) is 31.2 Å². The molecule has 1 N–H and O–H groups in total. The summed E-state index contributed by atoms with van der Waals surface area (Å²) in [5.41, 5.74) is 1.97. The lowest BCUT2D eigenvalue weighted by Gasteiger charge is -2.09. The molecule has 0 aliphatic rings. The molecule has 0 bridgehead atoms. The zero-order chi connectivity index (χ0) is 10.4. The maximum absolute atomic E-state index is 9.10. The van der Waals surface area contributed by atoms with Crippen LogP contribution in [0.15, 0.2) is 30.9 Å². The van der Waals surface area contributed by atoms with Crippen LogP contribution in [-0.4, -0.2) is 11.7 Å². The molecule has 0 fully saturated rings. The highest BCUT2D eigenvalue weighted by Crippen LogP contribution is 2.20. The first-order valence-electron chi connectivity index (χ1n) is 4.72. The molecule has 0 aromatic heterocycles. The van der Waals surface area contributed by atoms with Crippen LogP contribution in [-0.2, 0) is 6.61 Å². The van der Waals surface area contributed by atoms with Gasteiger partial charge in [-0.25, -0.2) is 0 Å². The average molecular weight is 192 g/mol. The van der Waals surface area contributed by atoms with Gasteiger partial charge in [0.05, 0.1) is 13.2 Å². The zero-order valence-electron chi connectivity index (χ0n) is 8.49. The molecule has 0 amide bonds. The van der Waals surface area contributed by atoms with Crippen molar-refractivity contribution in [2.45, 2.75) is 20.0 Å². The third kappa shape index (κ3) is 2.89. The number of aliphatic hydroxyl groups is 1. The van der Waals surface area contributed by atoms with E-state index in [4.69, 9.17) is 9.84 Å². The van der Waals surface area contributed by atoms with Crippen molar-refractivity contribution < 1.29 is 9.84 Å². The lowest BCUT2D eigenvalue weighted by atomic mass is 10.1. The third-order valence-electron chi connectivity index (χ3n) is 1.97. The smallest absolute Gasteiger partial charge is 0.124 e. The lowest BCUT2D eigenvalue weighted by Crippen LogP contribution is -1.99. The van der Waals surface area contributed by atoms with Crippen LogP contribution in [0.25, 0.3) is 0 Å². The van der Waals surface area contributed by atoms with E-state index in [1.54, 1.807) is 0 Å². The Morgan fingerprint density at radius 3 is 2.93 bits per heavy atom. The number of aliphatic hydroxyl groups excluding tert-OH is 1. The fraction of sp³-hybridized carbons (Fsp3) is 0.333. The van der Waals surface area contributed by atoms with Crippen LogP contribution >= 0.6 is 0 Å². The first kappa shape index (κ1) is 10.8. The number of rotatable bonds is 5. The minimum absolute atomic E-state index is 0.0190. The summed E-state index contributed by atoms with van der Waals surface area (Å²) in [5, 5.41) is 9.10. The minimum Gasteiger partial charge on any atom is -0.493 e. The lowest BCUT2D eigenvalue weighted by molar-refractivity contribution is 0.264. The Morgan fingerprint density at radius 1 is 1.50 bits per heavy atom. The topological polar surface area (TPSA) is 29.5 Å². The molecule has 0 spiro atoms. The van der Waals surface area contributed by atoms with Gasteiger partial charge in [-0.15, -0.1) is 6.58 Å². The Labute approximate surface area is 84.8 Å². The second-order valence-electron chi connectivity index (χ2n) is 3.20. The molecule has 14 heavy (non-hydrogen) atoms. The molecule has 1 aromatic carbocycles. The highest BCUT2D eigenvalue weighted by atomic mass is 16.5. The fourth-order valence-electron chi connectivity index (χ4n) is 1.22. The van der Waals surface area contributed by atoms with Crippen molar-refractivity contribution in [3.05, 3.63) is 42.0 Å². The normalized spacial score (nSPS) is 9.86. The fourth-order valence-corrected chi connectivity index (χ4v) is 1.22. The molecule has 0 unspecified atom stereocenters. The van der Waals surface area contributed by atoms with Crippen molar-refractivity contribution in [2.24, 2.45) is 0 Å². The van der Waals surface area contributed by atoms with Gasteiger partial charge in [-0.1, -0.05) is 23.8 Å².